The van der Waals surface area contributed by atoms with Crippen LogP contribution >= 0.6 is 11.6 Å². The molecule has 9 heteroatoms. The van der Waals surface area contributed by atoms with Crippen LogP contribution in [0.3, 0.4) is 0 Å². The third-order valence-electron chi connectivity index (χ3n) is 4.83. The molecule has 176 valence electrons. The number of hydrazone groups is 1. The highest BCUT2D eigenvalue weighted by molar-refractivity contribution is 6.31. The second kappa shape index (κ2) is 11.7. The van der Waals surface area contributed by atoms with Crippen LogP contribution in [0, 0.1) is 6.92 Å². The molecule has 0 atom stereocenters. The van der Waals surface area contributed by atoms with Gasteiger partial charge < -0.3 is 19.5 Å². The van der Waals surface area contributed by atoms with Gasteiger partial charge in [0.1, 0.15) is 17.2 Å². The van der Waals surface area contributed by atoms with Crippen molar-refractivity contribution >= 4 is 35.3 Å². The smallest absolute Gasteiger partial charge is 0.277 e. The Kier molecular flexibility index (Phi) is 8.48. The van der Waals surface area contributed by atoms with E-state index in [2.05, 4.69) is 15.8 Å². The Balaban J connectivity index is 1.51. The molecule has 3 aromatic carbocycles. The number of benzene rings is 3. The quantitative estimate of drug-likeness (QED) is 0.347. The van der Waals surface area contributed by atoms with Crippen molar-refractivity contribution in [1.82, 2.24) is 5.43 Å². The van der Waals surface area contributed by atoms with Gasteiger partial charge in [0.25, 0.3) is 11.8 Å². The van der Waals surface area contributed by atoms with Gasteiger partial charge in [-0.3, -0.25) is 9.59 Å². The fraction of sp³-hybridized carbons (Fsp3) is 0.160. The predicted octanol–water partition coefficient (Wildman–Crippen LogP) is 4.45. The molecule has 2 amide bonds. The molecule has 0 heterocycles. The Morgan fingerprint density at radius 1 is 1.00 bits per heavy atom. The van der Waals surface area contributed by atoms with Gasteiger partial charge in [-0.2, -0.15) is 5.10 Å². The molecule has 3 rings (SSSR count). The Morgan fingerprint density at radius 3 is 2.44 bits per heavy atom. The second-order valence-corrected chi connectivity index (χ2v) is 7.49. The molecule has 0 saturated carbocycles. The van der Waals surface area contributed by atoms with Crippen LogP contribution in [0.2, 0.25) is 5.02 Å². The third-order valence-corrected chi connectivity index (χ3v) is 5.24. The minimum atomic E-state index is -0.448. The Labute approximate surface area is 202 Å². The van der Waals surface area contributed by atoms with E-state index in [0.717, 1.165) is 5.56 Å². The fourth-order valence-electron chi connectivity index (χ4n) is 2.94. The largest absolute Gasteiger partial charge is 0.497 e. The van der Waals surface area contributed by atoms with Crippen LogP contribution in [0.15, 0.2) is 65.8 Å². The van der Waals surface area contributed by atoms with E-state index in [0.29, 0.717) is 39.1 Å². The van der Waals surface area contributed by atoms with E-state index in [1.807, 2.05) is 6.92 Å². The summed E-state index contributed by atoms with van der Waals surface area (Å²) in [6.07, 6.45) is 1.45. The summed E-state index contributed by atoms with van der Waals surface area (Å²) in [5, 5.41) is 7.33. The molecule has 0 spiro atoms. The van der Waals surface area contributed by atoms with Gasteiger partial charge in [0, 0.05) is 21.8 Å². The molecular weight excluding hydrogens is 458 g/mol. The summed E-state index contributed by atoms with van der Waals surface area (Å²) in [5.41, 5.74) is 4.90. The topological polar surface area (TPSA) is 98.2 Å². The number of amides is 2. The number of carbonyl (C=O) groups excluding carboxylic acids is 2. The fourth-order valence-corrected chi connectivity index (χ4v) is 3.11. The van der Waals surface area contributed by atoms with Crippen LogP contribution in [0.4, 0.5) is 5.69 Å². The molecule has 0 saturated heterocycles. The van der Waals surface area contributed by atoms with Crippen molar-refractivity contribution in [2.45, 2.75) is 6.92 Å². The van der Waals surface area contributed by atoms with Gasteiger partial charge in [-0.15, -0.1) is 0 Å². The molecule has 8 nitrogen and oxygen atoms in total. The van der Waals surface area contributed by atoms with Gasteiger partial charge in [0.05, 0.1) is 20.4 Å². The number of anilines is 1. The molecule has 0 radical (unpaired) electrons. The van der Waals surface area contributed by atoms with E-state index in [9.17, 15) is 9.59 Å². The van der Waals surface area contributed by atoms with Crippen molar-refractivity contribution in [3.63, 3.8) is 0 Å². The first-order chi connectivity index (χ1) is 16.4. The first kappa shape index (κ1) is 24.6. The summed E-state index contributed by atoms with van der Waals surface area (Å²) < 4.78 is 15.9. The van der Waals surface area contributed by atoms with Gasteiger partial charge in [0.15, 0.2) is 6.61 Å². The van der Waals surface area contributed by atoms with E-state index >= 15 is 0 Å². The summed E-state index contributed by atoms with van der Waals surface area (Å²) in [5.74, 6) is 0.929. The number of rotatable bonds is 9. The summed E-state index contributed by atoms with van der Waals surface area (Å²) in [7, 11) is 3.10. The zero-order valence-corrected chi connectivity index (χ0v) is 19.7. The Morgan fingerprint density at radius 2 is 1.74 bits per heavy atom. The van der Waals surface area contributed by atoms with E-state index in [-0.39, 0.29) is 12.5 Å². The zero-order valence-electron chi connectivity index (χ0n) is 18.9. The van der Waals surface area contributed by atoms with Crippen molar-refractivity contribution in [3.05, 3.63) is 82.4 Å². The molecule has 3 aromatic rings. The van der Waals surface area contributed by atoms with Gasteiger partial charge in [-0.25, -0.2) is 5.43 Å². The SMILES string of the molecule is COc1ccc(OC)c(/C=N\NC(=O)COc2ccc(C(=O)Nc3cccc(Cl)c3C)cc2)c1. The van der Waals surface area contributed by atoms with E-state index in [1.54, 1.807) is 74.9 Å². The molecule has 34 heavy (non-hydrogen) atoms. The number of methoxy groups -OCH3 is 2. The molecule has 0 aliphatic carbocycles. The number of hydrogen-bond donors (Lipinski definition) is 2. The van der Waals surface area contributed by atoms with Crippen LogP contribution in [0.25, 0.3) is 0 Å². The molecular formula is C25H24ClN3O5. The summed E-state index contributed by atoms with van der Waals surface area (Å²) in [6, 6.07) is 17.0. The molecule has 0 bridgehead atoms. The number of halogens is 1. The van der Waals surface area contributed by atoms with Crippen LogP contribution in [-0.4, -0.2) is 38.9 Å². The van der Waals surface area contributed by atoms with E-state index in [1.165, 1.54) is 6.21 Å². The predicted molar refractivity (Wildman–Crippen MR) is 131 cm³/mol. The average molecular weight is 482 g/mol. The molecule has 0 unspecified atom stereocenters. The lowest BCUT2D eigenvalue weighted by atomic mass is 10.1. The highest BCUT2D eigenvalue weighted by atomic mass is 35.5. The van der Waals surface area contributed by atoms with Crippen molar-refractivity contribution in [2.24, 2.45) is 5.10 Å². The van der Waals surface area contributed by atoms with Crippen LogP contribution in [0.5, 0.6) is 17.2 Å². The zero-order chi connectivity index (χ0) is 24.5. The Bertz CT molecular complexity index is 1200. The normalized spacial score (nSPS) is 10.6. The van der Waals surface area contributed by atoms with Crippen molar-refractivity contribution in [2.75, 3.05) is 26.1 Å². The van der Waals surface area contributed by atoms with Gasteiger partial charge >= 0.3 is 0 Å². The molecule has 2 N–H and O–H groups in total. The number of hydrogen-bond acceptors (Lipinski definition) is 6. The molecule has 0 aliphatic rings. The van der Waals surface area contributed by atoms with Gasteiger partial charge in [-0.1, -0.05) is 17.7 Å². The maximum absolute atomic E-state index is 12.5. The van der Waals surface area contributed by atoms with E-state index < -0.39 is 5.91 Å². The number of nitrogens with one attached hydrogen (secondary N) is 2. The summed E-state index contributed by atoms with van der Waals surface area (Å²) in [4.78, 5) is 24.5. The first-order valence-corrected chi connectivity index (χ1v) is 10.6. The van der Waals surface area contributed by atoms with Crippen LogP contribution in [-0.2, 0) is 4.79 Å². The van der Waals surface area contributed by atoms with Crippen LogP contribution < -0.4 is 25.0 Å². The van der Waals surface area contributed by atoms with Crippen molar-refractivity contribution in [1.29, 1.82) is 0 Å². The van der Waals surface area contributed by atoms with E-state index in [4.69, 9.17) is 25.8 Å². The van der Waals surface area contributed by atoms with Gasteiger partial charge in [0.2, 0.25) is 0 Å². The average Bonchev–Trinajstić information content (AvgIpc) is 2.85. The minimum absolute atomic E-state index is 0.250. The maximum Gasteiger partial charge on any atom is 0.277 e. The highest BCUT2D eigenvalue weighted by Gasteiger charge is 2.10. The molecule has 0 fully saturated rings. The molecule has 0 aromatic heterocycles. The lowest BCUT2D eigenvalue weighted by Gasteiger charge is -2.10. The minimum Gasteiger partial charge on any atom is -0.497 e. The van der Waals surface area contributed by atoms with Crippen molar-refractivity contribution in [3.8, 4) is 17.2 Å². The number of nitrogens with zero attached hydrogens (tertiary/aromatic N) is 1. The standard InChI is InChI=1S/C25H24ClN3O5/c1-16-21(26)5-4-6-22(16)28-25(31)17-7-9-19(10-8-17)34-15-24(30)29-27-14-18-13-20(32-2)11-12-23(18)33-3/h4-14H,15H2,1-3H3,(H,28,31)(H,29,30)/b27-14-. The van der Waals surface area contributed by atoms with Crippen LogP contribution in [0.1, 0.15) is 21.5 Å². The second-order valence-electron chi connectivity index (χ2n) is 7.08. The lowest BCUT2D eigenvalue weighted by molar-refractivity contribution is -0.123. The lowest BCUT2D eigenvalue weighted by Crippen LogP contribution is -2.24. The Hall–Kier alpha value is -4.04. The first-order valence-electron chi connectivity index (χ1n) is 10.2. The van der Waals surface area contributed by atoms with Gasteiger partial charge in [-0.05, 0) is 67.1 Å². The monoisotopic (exact) mass is 481 g/mol. The number of carbonyl (C=O) groups is 2. The third kappa shape index (κ3) is 6.49. The van der Waals surface area contributed by atoms with Crippen molar-refractivity contribution < 1.29 is 23.8 Å². The summed E-state index contributed by atoms with van der Waals surface area (Å²) in [6.45, 7) is 1.58. The summed E-state index contributed by atoms with van der Waals surface area (Å²) >= 11 is 6.09. The highest BCUT2D eigenvalue weighted by Crippen LogP contribution is 2.24. The maximum atomic E-state index is 12.5. The molecule has 0 aliphatic heterocycles. The number of ether oxygens (including phenoxy) is 3.